The van der Waals surface area contributed by atoms with Gasteiger partial charge in [-0.05, 0) is 12.1 Å². The number of nitrogens with one attached hydrogen (secondary N) is 3. The Balaban J connectivity index is 1.81. The van der Waals surface area contributed by atoms with Crippen LogP contribution in [0.3, 0.4) is 0 Å². The summed E-state index contributed by atoms with van der Waals surface area (Å²) in [6.45, 7) is 0.00518. The van der Waals surface area contributed by atoms with Crippen LogP contribution in [0.4, 0.5) is 11.4 Å². The van der Waals surface area contributed by atoms with Crippen molar-refractivity contribution in [3.8, 4) is 5.75 Å². The number of benzene rings is 1. The molecular weight excluding hydrogens is 266 g/mol. The molecule has 1 saturated heterocycles. The third-order valence-corrected chi connectivity index (χ3v) is 3.88. The Bertz CT molecular complexity index is 529. The van der Waals surface area contributed by atoms with E-state index in [-0.39, 0.29) is 24.5 Å². The zero-order chi connectivity index (χ0) is 13.2. The normalized spacial score (nSPS) is 21.3. The minimum atomic E-state index is -0.219. The average molecular weight is 279 g/mol. The minimum Gasteiger partial charge on any atom is -0.481 e. The molecular formula is C12H13N3O3S. The van der Waals surface area contributed by atoms with Crippen molar-refractivity contribution < 1.29 is 14.3 Å². The van der Waals surface area contributed by atoms with Crippen molar-refractivity contribution in [3.05, 3.63) is 18.2 Å². The molecule has 1 atom stereocenters. The molecule has 19 heavy (non-hydrogen) atoms. The van der Waals surface area contributed by atoms with Gasteiger partial charge in [-0.2, -0.15) is 0 Å². The smallest absolute Gasteiger partial charge is 0.262 e. The van der Waals surface area contributed by atoms with Gasteiger partial charge in [-0.25, -0.2) is 0 Å². The predicted molar refractivity (Wildman–Crippen MR) is 73.4 cm³/mol. The molecule has 1 fully saturated rings. The highest BCUT2D eigenvalue weighted by molar-refractivity contribution is 7.99. The van der Waals surface area contributed by atoms with E-state index in [2.05, 4.69) is 16.0 Å². The van der Waals surface area contributed by atoms with Crippen LogP contribution in [0.15, 0.2) is 18.2 Å². The third-order valence-electron chi connectivity index (χ3n) is 2.94. The standard InChI is InChI=1S/C12H13N3O3S/c16-10-4-18-9-3-1-2-7(11(9)15-10)14-12(17)8-5-19-6-13-8/h1-3,8,13H,4-6H2,(H,14,17)(H,15,16). The molecule has 0 saturated carbocycles. The number of amides is 2. The summed E-state index contributed by atoms with van der Waals surface area (Å²) in [5, 5.41) is 8.64. The first kappa shape index (κ1) is 12.3. The molecule has 1 unspecified atom stereocenters. The molecule has 0 bridgehead atoms. The summed E-state index contributed by atoms with van der Waals surface area (Å²) in [6, 6.07) is 5.09. The van der Waals surface area contributed by atoms with Crippen LogP contribution in [0, 0.1) is 0 Å². The van der Waals surface area contributed by atoms with Crippen LogP contribution < -0.4 is 20.7 Å². The van der Waals surface area contributed by atoms with Gasteiger partial charge in [0.2, 0.25) is 5.91 Å². The molecule has 6 nitrogen and oxygen atoms in total. The highest BCUT2D eigenvalue weighted by Crippen LogP contribution is 2.34. The number of ether oxygens (including phenoxy) is 1. The van der Waals surface area contributed by atoms with Crippen molar-refractivity contribution >= 4 is 35.0 Å². The van der Waals surface area contributed by atoms with Gasteiger partial charge in [0.05, 0.1) is 11.7 Å². The van der Waals surface area contributed by atoms with Crippen LogP contribution >= 0.6 is 11.8 Å². The molecule has 2 aliphatic rings. The predicted octanol–water partition coefficient (Wildman–Crippen LogP) is 0.618. The van der Waals surface area contributed by atoms with E-state index >= 15 is 0 Å². The fraction of sp³-hybridized carbons (Fsp3) is 0.333. The summed E-state index contributed by atoms with van der Waals surface area (Å²) >= 11 is 1.68. The molecule has 100 valence electrons. The largest absolute Gasteiger partial charge is 0.481 e. The Labute approximate surface area is 114 Å². The zero-order valence-corrected chi connectivity index (χ0v) is 10.9. The second-order valence-electron chi connectivity index (χ2n) is 4.28. The quantitative estimate of drug-likeness (QED) is 0.739. The molecule has 2 aliphatic heterocycles. The van der Waals surface area contributed by atoms with Crippen molar-refractivity contribution in [2.45, 2.75) is 6.04 Å². The SMILES string of the molecule is O=C1COc2cccc(NC(=O)C3CSCN3)c2N1. The van der Waals surface area contributed by atoms with E-state index < -0.39 is 0 Å². The first-order valence-electron chi connectivity index (χ1n) is 5.92. The molecule has 0 spiro atoms. The lowest BCUT2D eigenvalue weighted by Gasteiger charge is -2.21. The van der Waals surface area contributed by atoms with Crippen LogP contribution in [-0.2, 0) is 9.59 Å². The molecule has 0 aliphatic carbocycles. The Kier molecular flexibility index (Phi) is 3.31. The highest BCUT2D eigenvalue weighted by Gasteiger charge is 2.25. The summed E-state index contributed by atoms with van der Waals surface area (Å²) < 4.78 is 5.30. The second-order valence-corrected chi connectivity index (χ2v) is 5.31. The molecule has 2 heterocycles. The van der Waals surface area contributed by atoms with Gasteiger partial charge in [-0.1, -0.05) is 6.07 Å². The monoisotopic (exact) mass is 279 g/mol. The summed E-state index contributed by atoms with van der Waals surface area (Å²) in [7, 11) is 0. The zero-order valence-electron chi connectivity index (χ0n) is 10.1. The fourth-order valence-corrected chi connectivity index (χ4v) is 2.93. The lowest BCUT2D eigenvalue weighted by atomic mass is 10.2. The lowest BCUT2D eigenvalue weighted by Crippen LogP contribution is -2.38. The lowest BCUT2D eigenvalue weighted by molar-refractivity contribution is -0.119. The summed E-state index contributed by atoms with van der Waals surface area (Å²) in [5.41, 5.74) is 1.09. The van der Waals surface area contributed by atoms with Gasteiger partial charge in [0.15, 0.2) is 6.61 Å². The summed E-state index contributed by atoms with van der Waals surface area (Å²) in [4.78, 5) is 23.4. The van der Waals surface area contributed by atoms with E-state index in [0.29, 0.717) is 17.1 Å². The molecule has 0 aromatic heterocycles. The molecule has 0 radical (unpaired) electrons. The van der Waals surface area contributed by atoms with E-state index in [1.807, 2.05) is 0 Å². The number of rotatable bonds is 2. The second kappa shape index (κ2) is 5.10. The first-order valence-corrected chi connectivity index (χ1v) is 7.07. The number of carbonyl (C=O) groups excluding carboxylic acids is 2. The van der Waals surface area contributed by atoms with E-state index in [9.17, 15) is 9.59 Å². The Morgan fingerprint density at radius 3 is 3.16 bits per heavy atom. The van der Waals surface area contributed by atoms with E-state index in [4.69, 9.17) is 4.74 Å². The molecule has 1 aromatic rings. The van der Waals surface area contributed by atoms with Gasteiger partial charge >= 0.3 is 0 Å². The molecule has 1 aromatic carbocycles. The topological polar surface area (TPSA) is 79.5 Å². The van der Waals surface area contributed by atoms with Crippen LogP contribution in [0.1, 0.15) is 0 Å². The van der Waals surface area contributed by atoms with Gasteiger partial charge in [0.1, 0.15) is 11.4 Å². The summed E-state index contributed by atoms with van der Waals surface area (Å²) in [6.07, 6.45) is 0. The van der Waals surface area contributed by atoms with Crippen LogP contribution in [-0.4, -0.2) is 36.1 Å². The van der Waals surface area contributed by atoms with Gasteiger partial charge in [0, 0.05) is 11.6 Å². The van der Waals surface area contributed by atoms with Crippen LogP contribution in [0.2, 0.25) is 0 Å². The van der Waals surface area contributed by atoms with E-state index in [0.717, 1.165) is 11.6 Å². The molecule has 7 heteroatoms. The Hall–Kier alpha value is -1.73. The average Bonchev–Trinajstić information content (AvgIpc) is 2.93. The number of fused-ring (bicyclic) bond motifs is 1. The van der Waals surface area contributed by atoms with Gasteiger partial charge in [-0.3, -0.25) is 14.9 Å². The van der Waals surface area contributed by atoms with Gasteiger partial charge < -0.3 is 15.4 Å². The number of para-hydroxylation sites is 1. The number of hydrogen-bond acceptors (Lipinski definition) is 5. The first-order chi connectivity index (χ1) is 9.24. The Morgan fingerprint density at radius 2 is 2.37 bits per heavy atom. The maximum Gasteiger partial charge on any atom is 0.262 e. The fourth-order valence-electron chi connectivity index (χ4n) is 1.99. The Morgan fingerprint density at radius 1 is 1.47 bits per heavy atom. The maximum atomic E-state index is 12.0. The van der Waals surface area contributed by atoms with Crippen molar-refractivity contribution in [1.29, 1.82) is 0 Å². The van der Waals surface area contributed by atoms with Gasteiger partial charge in [0.25, 0.3) is 5.91 Å². The molecule has 3 N–H and O–H groups in total. The number of anilines is 2. The summed E-state index contributed by atoms with van der Waals surface area (Å²) in [5.74, 6) is 1.79. The highest BCUT2D eigenvalue weighted by atomic mass is 32.2. The van der Waals surface area contributed by atoms with Crippen molar-refractivity contribution in [1.82, 2.24) is 5.32 Å². The molecule has 2 amide bonds. The van der Waals surface area contributed by atoms with Crippen molar-refractivity contribution in [2.24, 2.45) is 0 Å². The number of carbonyl (C=O) groups is 2. The van der Waals surface area contributed by atoms with Crippen LogP contribution in [0.25, 0.3) is 0 Å². The van der Waals surface area contributed by atoms with E-state index in [1.54, 1.807) is 30.0 Å². The van der Waals surface area contributed by atoms with Crippen molar-refractivity contribution in [2.75, 3.05) is 28.9 Å². The number of thioether (sulfide) groups is 1. The van der Waals surface area contributed by atoms with E-state index in [1.165, 1.54) is 0 Å². The number of hydrogen-bond donors (Lipinski definition) is 3. The minimum absolute atomic E-state index is 0.00518. The van der Waals surface area contributed by atoms with Crippen LogP contribution in [0.5, 0.6) is 5.75 Å². The molecule has 3 rings (SSSR count). The maximum absolute atomic E-state index is 12.0. The van der Waals surface area contributed by atoms with Gasteiger partial charge in [-0.15, -0.1) is 11.8 Å². The third kappa shape index (κ3) is 2.52. The van der Waals surface area contributed by atoms with Crippen molar-refractivity contribution in [3.63, 3.8) is 0 Å².